The Morgan fingerprint density at radius 1 is 1.14 bits per heavy atom. The van der Waals surface area contributed by atoms with Crippen molar-refractivity contribution in [1.82, 2.24) is 5.32 Å². The summed E-state index contributed by atoms with van der Waals surface area (Å²) >= 11 is 6.17. The summed E-state index contributed by atoms with van der Waals surface area (Å²) in [7, 11) is -1.92. The topological polar surface area (TPSA) is 84.9 Å². The van der Waals surface area contributed by atoms with Gasteiger partial charge in [-0.25, -0.2) is 8.42 Å². The molecule has 0 aliphatic rings. The Balaban J connectivity index is 2.00. The molecule has 2 aromatic carbocycles. The molecule has 0 unspecified atom stereocenters. The van der Waals surface area contributed by atoms with Gasteiger partial charge in [0.1, 0.15) is 5.75 Å². The molecule has 0 saturated heterocycles. The molecule has 2 aromatic rings. The fourth-order valence-corrected chi connectivity index (χ4v) is 3.61. The van der Waals surface area contributed by atoms with Gasteiger partial charge in [0.25, 0.3) is 5.91 Å². The monoisotopic (exact) mass is 440 g/mol. The molecule has 9 heteroatoms. The number of carbonyl (C=O) groups is 1. The van der Waals surface area contributed by atoms with Crippen LogP contribution in [-0.4, -0.2) is 47.4 Å². The first-order valence-corrected chi connectivity index (χ1v) is 11.2. The van der Waals surface area contributed by atoms with Crippen LogP contribution in [0.2, 0.25) is 5.02 Å². The van der Waals surface area contributed by atoms with E-state index in [4.69, 9.17) is 21.1 Å². The Labute approximate surface area is 176 Å². The first kappa shape index (κ1) is 23.0. The van der Waals surface area contributed by atoms with Crippen molar-refractivity contribution in [2.24, 2.45) is 0 Å². The minimum absolute atomic E-state index is 0.114. The summed E-state index contributed by atoms with van der Waals surface area (Å²) in [5.41, 5.74) is 1.17. The molecule has 0 bridgehead atoms. The van der Waals surface area contributed by atoms with Gasteiger partial charge in [-0.05, 0) is 42.3 Å². The number of ether oxygens (including phenoxy) is 2. The molecule has 2 rings (SSSR count). The van der Waals surface area contributed by atoms with Crippen LogP contribution in [0.4, 0.5) is 5.69 Å². The molecule has 0 aliphatic heterocycles. The highest BCUT2D eigenvalue weighted by Gasteiger charge is 2.19. The molecule has 0 radical (unpaired) electrons. The molecule has 0 saturated carbocycles. The minimum Gasteiger partial charge on any atom is -0.484 e. The number of carbonyl (C=O) groups excluding carboxylic acids is 1. The predicted octanol–water partition coefficient (Wildman–Crippen LogP) is 2.84. The van der Waals surface area contributed by atoms with E-state index in [2.05, 4.69) is 5.32 Å². The van der Waals surface area contributed by atoms with Crippen molar-refractivity contribution in [1.29, 1.82) is 0 Å². The third-order valence-corrected chi connectivity index (χ3v) is 5.52. The van der Waals surface area contributed by atoms with Crippen LogP contribution in [0.15, 0.2) is 48.5 Å². The second-order valence-electron chi connectivity index (χ2n) is 6.34. The van der Waals surface area contributed by atoms with Gasteiger partial charge in [-0.1, -0.05) is 29.8 Å². The lowest BCUT2D eigenvalue weighted by Crippen LogP contribution is -2.30. The molecule has 0 atom stereocenters. The van der Waals surface area contributed by atoms with E-state index in [0.29, 0.717) is 35.2 Å². The molecule has 158 valence electrons. The van der Waals surface area contributed by atoms with Crippen LogP contribution in [0.25, 0.3) is 0 Å². The molecule has 0 heterocycles. The SMILES string of the molecule is COCCCNC(=O)COc1ccc(N(Cc2ccccc2Cl)S(C)(=O)=O)cc1. The third kappa shape index (κ3) is 7.56. The summed E-state index contributed by atoms with van der Waals surface area (Å²) in [5.74, 6) is 0.230. The zero-order valence-electron chi connectivity index (χ0n) is 16.4. The number of amides is 1. The molecule has 0 spiro atoms. The van der Waals surface area contributed by atoms with Gasteiger partial charge < -0.3 is 14.8 Å². The second kappa shape index (κ2) is 11.0. The van der Waals surface area contributed by atoms with Gasteiger partial charge in [0, 0.05) is 25.3 Å². The Morgan fingerprint density at radius 2 is 1.83 bits per heavy atom. The summed E-state index contributed by atoms with van der Waals surface area (Å²) in [6, 6.07) is 13.6. The maximum atomic E-state index is 12.3. The van der Waals surface area contributed by atoms with Gasteiger partial charge in [0.15, 0.2) is 6.61 Å². The van der Waals surface area contributed by atoms with E-state index in [0.717, 1.165) is 12.7 Å². The number of rotatable bonds is 11. The maximum Gasteiger partial charge on any atom is 0.257 e. The van der Waals surface area contributed by atoms with Gasteiger partial charge in [0.05, 0.1) is 18.5 Å². The van der Waals surface area contributed by atoms with Gasteiger partial charge in [-0.2, -0.15) is 0 Å². The highest BCUT2D eigenvalue weighted by molar-refractivity contribution is 7.92. The first-order chi connectivity index (χ1) is 13.8. The van der Waals surface area contributed by atoms with Crippen LogP contribution >= 0.6 is 11.6 Å². The molecule has 0 fully saturated rings. The summed E-state index contributed by atoms with van der Waals surface area (Å²) in [6.07, 6.45) is 1.87. The molecule has 0 aromatic heterocycles. The Hall–Kier alpha value is -2.29. The average molecular weight is 441 g/mol. The average Bonchev–Trinajstić information content (AvgIpc) is 2.69. The number of sulfonamides is 1. The Kier molecular flexibility index (Phi) is 8.75. The highest BCUT2D eigenvalue weighted by atomic mass is 35.5. The largest absolute Gasteiger partial charge is 0.484 e. The van der Waals surface area contributed by atoms with Crippen LogP contribution < -0.4 is 14.4 Å². The number of halogens is 1. The van der Waals surface area contributed by atoms with E-state index in [9.17, 15) is 13.2 Å². The van der Waals surface area contributed by atoms with Crippen LogP contribution in [0, 0.1) is 0 Å². The number of hydrogen-bond donors (Lipinski definition) is 1. The summed E-state index contributed by atoms with van der Waals surface area (Å²) in [5, 5.41) is 3.22. The predicted molar refractivity (Wildman–Crippen MR) is 114 cm³/mol. The van der Waals surface area contributed by atoms with Crippen LogP contribution in [0.1, 0.15) is 12.0 Å². The van der Waals surface area contributed by atoms with E-state index >= 15 is 0 Å². The zero-order valence-corrected chi connectivity index (χ0v) is 18.0. The molecule has 0 aliphatic carbocycles. The Bertz CT molecular complexity index is 903. The highest BCUT2D eigenvalue weighted by Crippen LogP contribution is 2.26. The quantitative estimate of drug-likeness (QED) is 0.543. The van der Waals surface area contributed by atoms with Crippen molar-refractivity contribution in [3.8, 4) is 5.75 Å². The summed E-state index contributed by atoms with van der Waals surface area (Å²) in [6.45, 7) is 1.08. The Morgan fingerprint density at radius 3 is 2.45 bits per heavy atom. The fourth-order valence-electron chi connectivity index (χ4n) is 2.53. The van der Waals surface area contributed by atoms with Gasteiger partial charge in [0.2, 0.25) is 10.0 Å². The van der Waals surface area contributed by atoms with Crippen LogP contribution in [0.3, 0.4) is 0 Å². The maximum absolute atomic E-state index is 12.3. The second-order valence-corrected chi connectivity index (χ2v) is 8.65. The molecule has 7 nitrogen and oxygen atoms in total. The van der Waals surface area contributed by atoms with Crippen molar-refractivity contribution >= 4 is 33.2 Å². The minimum atomic E-state index is -3.53. The number of hydrogen-bond acceptors (Lipinski definition) is 5. The van der Waals surface area contributed by atoms with Gasteiger partial charge in [-0.3, -0.25) is 9.10 Å². The van der Waals surface area contributed by atoms with Crippen molar-refractivity contribution in [2.45, 2.75) is 13.0 Å². The number of nitrogens with one attached hydrogen (secondary N) is 1. The van der Waals surface area contributed by atoms with Crippen molar-refractivity contribution in [2.75, 3.05) is 37.4 Å². The summed E-state index contributed by atoms with van der Waals surface area (Å²) in [4.78, 5) is 11.7. The lowest BCUT2D eigenvalue weighted by atomic mass is 10.2. The van der Waals surface area contributed by atoms with E-state index in [1.165, 1.54) is 4.31 Å². The lowest BCUT2D eigenvalue weighted by molar-refractivity contribution is -0.123. The standard InChI is InChI=1S/C20H25ClN2O5S/c1-27-13-5-12-22-20(24)15-28-18-10-8-17(9-11-18)23(29(2,25)26)14-16-6-3-4-7-19(16)21/h3-4,6-11H,5,12-15H2,1-2H3,(H,22,24). The zero-order chi connectivity index (χ0) is 21.3. The van der Waals surface area contributed by atoms with E-state index in [1.54, 1.807) is 55.6 Å². The fraction of sp³-hybridized carbons (Fsp3) is 0.350. The molecular formula is C20H25ClN2O5S. The van der Waals surface area contributed by atoms with Crippen LogP contribution in [-0.2, 0) is 26.1 Å². The third-order valence-electron chi connectivity index (χ3n) is 4.01. The molecule has 29 heavy (non-hydrogen) atoms. The number of methoxy groups -OCH3 is 1. The smallest absolute Gasteiger partial charge is 0.257 e. The van der Waals surface area contributed by atoms with E-state index in [-0.39, 0.29) is 19.1 Å². The number of benzene rings is 2. The molecule has 1 N–H and O–H groups in total. The van der Waals surface area contributed by atoms with Crippen LogP contribution in [0.5, 0.6) is 5.75 Å². The normalized spacial score (nSPS) is 11.1. The molecular weight excluding hydrogens is 416 g/mol. The molecule has 1 amide bonds. The van der Waals surface area contributed by atoms with Crippen molar-refractivity contribution in [3.63, 3.8) is 0 Å². The van der Waals surface area contributed by atoms with Gasteiger partial charge >= 0.3 is 0 Å². The van der Waals surface area contributed by atoms with E-state index in [1.807, 2.05) is 0 Å². The van der Waals surface area contributed by atoms with Gasteiger partial charge in [-0.15, -0.1) is 0 Å². The van der Waals surface area contributed by atoms with Crippen molar-refractivity contribution in [3.05, 3.63) is 59.1 Å². The number of nitrogens with zero attached hydrogens (tertiary/aromatic N) is 1. The van der Waals surface area contributed by atoms with Crippen molar-refractivity contribution < 1.29 is 22.7 Å². The van der Waals surface area contributed by atoms with E-state index < -0.39 is 10.0 Å². The summed E-state index contributed by atoms with van der Waals surface area (Å²) < 4.78 is 36.2. The first-order valence-electron chi connectivity index (χ1n) is 9.01. The lowest BCUT2D eigenvalue weighted by Gasteiger charge is -2.23. The number of anilines is 1.